The molecule has 1 aromatic heterocycles. The lowest BCUT2D eigenvalue weighted by Crippen LogP contribution is -2.08. The number of ether oxygens (including phenoxy) is 1. The van der Waals surface area contributed by atoms with Crippen molar-refractivity contribution in [2.24, 2.45) is 0 Å². The van der Waals surface area contributed by atoms with Crippen molar-refractivity contribution in [3.63, 3.8) is 0 Å². The molecule has 0 aliphatic heterocycles. The van der Waals surface area contributed by atoms with Crippen molar-refractivity contribution in [3.8, 4) is 5.75 Å². The smallest absolute Gasteiger partial charge is 0.141 e. The third kappa shape index (κ3) is 1.29. The van der Waals surface area contributed by atoms with Crippen LogP contribution < -0.4 is 10.3 Å². The molecule has 10 heavy (non-hydrogen) atoms. The van der Waals surface area contributed by atoms with Gasteiger partial charge in [0.1, 0.15) is 13.6 Å². The lowest BCUT2D eigenvalue weighted by molar-refractivity contribution is 0.409. The molecule has 0 spiro atoms. The van der Waals surface area contributed by atoms with E-state index in [1.807, 2.05) is 6.92 Å². The fourth-order valence-electron chi connectivity index (χ4n) is 0.783. The molecule has 0 bridgehead atoms. The van der Waals surface area contributed by atoms with Gasteiger partial charge in [0.15, 0.2) is 0 Å². The molecular weight excluding hydrogens is 125 g/mol. The highest BCUT2D eigenvalue weighted by Crippen LogP contribution is 2.10. The van der Waals surface area contributed by atoms with Crippen LogP contribution in [0.4, 0.5) is 0 Å². The minimum Gasteiger partial charge on any atom is -0.495 e. The molecule has 0 fully saturated rings. The van der Waals surface area contributed by atoms with Crippen LogP contribution in [0.25, 0.3) is 0 Å². The van der Waals surface area contributed by atoms with Crippen LogP contribution in [0.1, 0.15) is 5.69 Å². The lowest BCUT2D eigenvalue weighted by atomic mass is 10.0. The van der Waals surface area contributed by atoms with E-state index in [-0.39, 0.29) is 0 Å². The summed E-state index contributed by atoms with van der Waals surface area (Å²) in [7, 11) is 7.03. The van der Waals surface area contributed by atoms with Crippen molar-refractivity contribution in [3.05, 3.63) is 17.8 Å². The van der Waals surface area contributed by atoms with Crippen LogP contribution in [-0.4, -0.2) is 19.9 Å². The van der Waals surface area contributed by atoms with E-state index in [1.165, 1.54) is 0 Å². The topological polar surface area (TPSA) is 22.1 Å². The van der Waals surface area contributed by atoms with Crippen molar-refractivity contribution < 1.29 is 4.74 Å². The Balaban J connectivity index is 3.07. The number of rotatable bonds is 1. The quantitative estimate of drug-likeness (QED) is 0.510. The molecule has 1 rings (SSSR count). The van der Waals surface area contributed by atoms with Crippen molar-refractivity contribution in [1.82, 2.24) is 4.98 Å². The third-order valence-corrected chi connectivity index (χ3v) is 1.28. The molecule has 0 aliphatic rings. The molecule has 0 aromatic carbocycles. The molecule has 0 atom stereocenters. The molecule has 0 unspecified atom stereocenters. The van der Waals surface area contributed by atoms with Crippen LogP contribution in [0.2, 0.25) is 0 Å². The first-order valence-electron chi connectivity index (χ1n) is 3.01. The van der Waals surface area contributed by atoms with Crippen molar-refractivity contribution in [2.45, 2.75) is 6.92 Å². The Labute approximate surface area is 61.6 Å². The summed E-state index contributed by atoms with van der Waals surface area (Å²) in [6.45, 7) is 1.86. The highest BCUT2D eigenvalue weighted by atomic mass is 16.5. The van der Waals surface area contributed by atoms with Crippen LogP contribution in [-0.2, 0) is 0 Å². The Hall–Kier alpha value is -0.985. The Bertz CT molecular complexity index is 237. The van der Waals surface area contributed by atoms with Crippen molar-refractivity contribution >= 4 is 13.4 Å². The Morgan fingerprint density at radius 2 is 2.20 bits per heavy atom. The minimum atomic E-state index is 0.526. The van der Waals surface area contributed by atoms with Gasteiger partial charge >= 0.3 is 0 Å². The summed E-state index contributed by atoms with van der Waals surface area (Å²) in [5.41, 5.74) is 1.35. The first-order valence-corrected chi connectivity index (χ1v) is 3.01. The molecule has 1 aromatic rings. The number of aromatic nitrogens is 1. The molecule has 2 radical (unpaired) electrons. The van der Waals surface area contributed by atoms with E-state index in [9.17, 15) is 0 Å². The van der Waals surface area contributed by atoms with E-state index in [4.69, 9.17) is 12.6 Å². The average molecular weight is 133 g/mol. The molecular formula is C7H8BNO. The van der Waals surface area contributed by atoms with E-state index < -0.39 is 0 Å². The predicted molar refractivity (Wildman–Crippen MR) is 40.9 cm³/mol. The monoisotopic (exact) mass is 133 g/mol. The van der Waals surface area contributed by atoms with E-state index in [1.54, 1.807) is 19.2 Å². The van der Waals surface area contributed by atoms with Crippen molar-refractivity contribution in [1.29, 1.82) is 0 Å². The van der Waals surface area contributed by atoms with Gasteiger partial charge in [0.05, 0.1) is 12.8 Å². The summed E-state index contributed by atoms with van der Waals surface area (Å²) >= 11 is 0. The lowest BCUT2D eigenvalue weighted by Gasteiger charge is -2.02. The SMILES string of the molecule is [B]c1ccc(OC)c(C)n1. The fraction of sp³-hybridized carbons (Fsp3) is 0.286. The summed E-state index contributed by atoms with van der Waals surface area (Å²) in [6, 6.07) is 3.52. The van der Waals surface area contributed by atoms with Crippen LogP contribution in [0, 0.1) is 6.92 Å². The summed E-state index contributed by atoms with van der Waals surface area (Å²) in [4.78, 5) is 4.00. The number of aryl methyl sites for hydroxylation is 1. The maximum Gasteiger partial charge on any atom is 0.141 e. The average Bonchev–Trinajstić information content (AvgIpc) is 1.88. The van der Waals surface area contributed by atoms with E-state index in [0.29, 0.717) is 5.59 Å². The van der Waals surface area contributed by atoms with Gasteiger partial charge < -0.3 is 4.74 Å². The van der Waals surface area contributed by atoms with E-state index in [0.717, 1.165) is 11.4 Å². The first kappa shape index (κ1) is 7.13. The number of nitrogens with zero attached hydrogens (tertiary/aromatic N) is 1. The van der Waals surface area contributed by atoms with E-state index in [2.05, 4.69) is 4.98 Å². The second kappa shape index (κ2) is 2.73. The largest absolute Gasteiger partial charge is 0.495 e. The van der Waals surface area contributed by atoms with Crippen LogP contribution in [0.5, 0.6) is 5.75 Å². The summed E-state index contributed by atoms with van der Waals surface area (Å²) in [5.74, 6) is 0.772. The molecule has 1 heterocycles. The molecule has 0 aliphatic carbocycles. The van der Waals surface area contributed by atoms with Crippen LogP contribution >= 0.6 is 0 Å². The molecule has 0 saturated carbocycles. The van der Waals surface area contributed by atoms with Gasteiger partial charge in [-0.2, -0.15) is 0 Å². The number of methoxy groups -OCH3 is 1. The zero-order chi connectivity index (χ0) is 7.56. The fourth-order valence-corrected chi connectivity index (χ4v) is 0.783. The molecule has 50 valence electrons. The van der Waals surface area contributed by atoms with Gasteiger partial charge in [-0.15, -0.1) is 0 Å². The Kier molecular flexibility index (Phi) is 1.95. The summed E-state index contributed by atoms with van der Waals surface area (Å²) in [6.07, 6.45) is 0. The zero-order valence-electron chi connectivity index (χ0n) is 6.09. The normalized spacial score (nSPS) is 9.40. The van der Waals surface area contributed by atoms with E-state index >= 15 is 0 Å². The van der Waals surface area contributed by atoms with Gasteiger partial charge in [0.25, 0.3) is 0 Å². The molecule has 3 heteroatoms. The van der Waals surface area contributed by atoms with Crippen LogP contribution in [0.3, 0.4) is 0 Å². The molecule has 0 amide bonds. The second-order valence-electron chi connectivity index (χ2n) is 2.02. The second-order valence-corrected chi connectivity index (χ2v) is 2.02. The van der Waals surface area contributed by atoms with Gasteiger partial charge in [-0.05, 0) is 24.6 Å². The summed E-state index contributed by atoms with van der Waals surface area (Å²) < 4.78 is 4.98. The van der Waals surface area contributed by atoms with Crippen molar-refractivity contribution in [2.75, 3.05) is 7.11 Å². The Morgan fingerprint density at radius 3 is 2.70 bits per heavy atom. The maximum atomic E-state index is 5.42. The van der Waals surface area contributed by atoms with Crippen LogP contribution in [0.15, 0.2) is 12.1 Å². The Morgan fingerprint density at radius 1 is 1.50 bits per heavy atom. The highest BCUT2D eigenvalue weighted by Gasteiger charge is 1.96. The maximum absolute atomic E-state index is 5.42. The summed E-state index contributed by atoms with van der Waals surface area (Å²) in [5, 5.41) is 0. The van der Waals surface area contributed by atoms with Gasteiger partial charge in [0, 0.05) is 0 Å². The predicted octanol–water partition coefficient (Wildman–Crippen LogP) is 0.192. The van der Waals surface area contributed by atoms with Gasteiger partial charge in [-0.3, -0.25) is 4.98 Å². The molecule has 0 N–H and O–H groups in total. The minimum absolute atomic E-state index is 0.526. The number of hydrogen-bond acceptors (Lipinski definition) is 2. The highest BCUT2D eigenvalue weighted by molar-refractivity contribution is 6.30. The van der Waals surface area contributed by atoms with Gasteiger partial charge in [0.2, 0.25) is 0 Å². The molecule has 2 nitrogen and oxygen atoms in total. The van der Waals surface area contributed by atoms with Gasteiger partial charge in [-0.25, -0.2) is 0 Å². The number of hydrogen-bond donors (Lipinski definition) is 0. The standard InChI is InChI=1S/C7H8BNO/c1-5-6(10-2)3-4-7(8)9-5/h3-4H,1-2H3. The molecule has 0 saturated heterocycles. The van der Waals surface area contributed by atoms with Gasteiger partial charge in [-0.1, -0.05) is 0 Å². The first-order chi connectivity index (χ1) is 4.74. The zero-order valence-corrected chi connectivity index (χ0v) is 6.09. The number of pyridine rings is 1. The third-order valence-electron chi connectivity index (χ3n) is 1.28.